The molecule has 1 heterocycles. The van der Waals surface area contributed by atoms with Gasteiger partial charge >= 0.3 is 0 Å². The molecule has 2 rings (SSSR count). The minimum absolute atomic E-state index is 0.0676. The van der Waals surface area contributed by atoms with Crippen LogP contribution >= 0.6 is 11.6 Å². The van der Waals surface area contributed by atoms with Gasteiger partial charge in [-0.15, -0.1) is 0 Å². The largest absolute Gasteiger partial charge is 0.384 e. The number of nitro benzene ring substituents is 1. The summed E-state index contributed by atoms with van der Waals surface area (Å²) >= 11 is 5.90. The van der Waals surface area contributed by atoms with Gasteiger partial charge in [-0.1, -0.05) is 11.6 Å². The zero-order chi connectivity index (χ0) is 14.7. The average Bonchev–Trinajstić information content (AvgIpc) is 2.78. The molecule has 1 aromatic carbocycles. The zero-order valence-electron chi connectivity index (χ0n) is 11.3. The number of benzene rings is 1. The Morgan fingerprint density at radius 3 is 2.85 bits per heavy atom. The van der Waals surface area contributed by atoms with Crippen molar-refractivity contribution >= 4 is 23.0 Å². The molecule has 2 aromatic rings. The molecule has 106 valence electrons. The summed E-state index contributed by atoms with van der Waals surface area (Å²) in [5.74, 6) is 0. The van der Waals surface area contributed by atoms with Crippen molar-refractivity contribution in [2.75, 3.05) is 11.9 Å². The Hall–Kier alpha value is -2.08. The third kappa shape index (κ3) is 3.27. The second-order valence-corrected chi connectivity index (χ2v) is 4.98. The number of anilines is 1. The van der Waals surface area contributed by atoms with Crippen molar-refractivity contribution < 1.29 is 4.92 Å². The van der Waals surface area contributed by atoms with Gasteiger partial charge in [-0.2, -0.15) is 5.10 Å². The Balaban J connectivity index is 2.03. The van der Waals surface area contributed by atoms with Crippen LogP contribution in [0.2, 0.25) is 5.02 Å². The van der Waals surface area contributed by atoms with Gasteiger partial charge in [0.2, 0.25) is 0 Å². The highest BCUT2D eigenvalue weighted by molar-refractivity contribution is 6.33. The molecule has 0 bridgehead atoms. The van der Waals surface area contributed by atoms with E-state index in [4.69, 9.17) is 11.6 Å². The molecule has 0 fully saturated rings. The summed E-state index contributed by atoms with van der Waals surface area (Å²) in [7, 11) is 1.87. The number of halogens is 1. The molecule has 0 atom stereocenters. The Kier molecular flexibility index (Phi) is 4.24. The Morgan fingerprint density at radius 1 is 1.50 bits per heavy atom. The van der Waals surface area contributed by atoms with E-state index in [1.807, 2.05) is 26.4 Å². The maximum Gasteiger partial charge on any atom is 0.288 e. The quantitative estimate of drug-likeness (QED) is 0.680. The van der Waals surface area contributed by atoms with Crippen LogP contribution in [0, 0.1) is 17.0 Å². The molecule has 0 spiro atoms. The van der Waals surface area contributed by atoms with Crippen molar-refractivity contribution in [3.63, 3.8) is 0 Å². The lowest BCUT2D eigenvalue weighted by atomic mass is 10.1. The Morgan fingerprint density at radius 2 is 2.25 bits per heavy atom. The zero-order valence-corrected chi connectivity index (χ0v) is 12.0. The van der Waals surface area contributed by atoms with Crippen LogP contribution in [0.15, 0.2) is 24.5 Å². The molecule has 0 amide bonds. The second kappa shape index (κ2) is 5.92. The molecular formula is C13H15ClN4O2. The van der Waals surface area contributed by atoms with Crippen LogP contribution in [-0.4, -0.2) is 21.2 Å². The van der Waals surface area contributed by atoms with E-state index < -0.39 is 4.92 Å². The van der Waals surface area contributed by atoms with Crippen molar-refractivity contribution in [2.45, 2.75) is 13.3 Å². The summed E-state index contributed by atoms with van der Waals surface area (Å²) in [5.41, 5.74) is 2.67. The van der Waals surface area contributed by atoms with E-state index in [2.05, 4.69) is 10.4 Å². The van der Waals surface area contributed by atoms with Crippen LogP contribution in [-0.2, 0) is 13.5 Å². The SMILES string of the molecule is Cc1cc([N+](=O)[O-])c(Cl)cc1NCCc1cnn(C)c1. The van der Waals surface area contributed by atoms with Crippen LogP contribution in [0.4, 0.5) is 11.4 Å². The number of hydrogen-bond acceptors (Lipinski definition) is 4. The Labute approximate surface area is 121 Å². The van der Waals surface area contributed by atoms with E-state index in [0.717, 1.165) is 23.2 Å². The van der Waals surface area contributed by atoms with Crippen LogP contribution in [0.5, 0.6) is 0 Å². The highest BCUT2D eigenvalue weighted by Crippen LogP contribution is 2.30. The molecule has 0 aliphatic rings. The normalized spacial score (nSPS) is 10.6. The number of aromatic nitrogens is 2. The summed E-state index contributed by atoms with van der Waals surface area (Å²) in [4.78, 5) is 10.3. The third-order valence-electron chi connectivity index (χ3n) is 2.98. The van der Waals surface area contributed by atoms with Crippen molar-refractivity contribution in [2.24, 2.45) is 7.05 Å². The van der Waals surface area contributed by atoms with Gasteiger partial charge in [0, 0.05) is 31.5 Å². The van der Waals surface area contributed by atoms with E-state index >= 15 is 0 Å². The van der Waals surface area contributed by atoms with Crippen molar-refractivity contribution in [3.8, 4) is 0 Å². The molecule has 0 unspecified atom stereocenters. The molecule has 0 saturated heterocycles. The standard InChI is InChI=1S/C13H15ClN4O2/c1-9-5-13(18(19)20)11(14)6-12(9)15-4-3-10-7-16-17(2)8-10/h5-8,15H,3-4H2,1-2H3. The van der Waals surface area contributed by atoms with Crippen molar-refractivity contribution in [1.82, 2.24) is 9.78 Å². The molecule has 6 nitrogen and oxygen atoms in total. The summed E-state index contributed by atoms with van der Waals surface area (Å²) in [6, 6.07) is 3.08. The highest BCUT2D eigenvalue weighted by Gasteiger charge is 2.14. The fourth-order valence-electron chi connectivity index (χ4n) is 1.94. The lowest BCUT2D eigenvalue weighted by Gasteiger charge is -2.09. The lowest BCUT2D eigenvalue weighted by Crippen LogP contribution is -2.06. The first-order chi connectivity index (χ1) is 9.47. The Bertz CT molecular complexity index is 639. The maximum absolute atomic E-state index is 10.8. The fourth-order valence-corrected chi connectivity index (χ4v) is 2.17. The highest BCUT2D eigenvalue weighted by atomic mass is 35.5. The molecule has 0 saturated carbocycles. The topological polar surface area (TPSA) is 73.0 Å². The molecule has 1 N–H and O–H groups in total. The van der Waals surface area contributed by atoms with E-state index in [1.54, 1.807) is 10.7 Å². The van der Waals surface area contributed by atoms with Crippen LogP contribution in [0.1, 0.15) is 11.1 Å². The summed E-state index contributed by atoms with van der Waals surface area (Å²) < 4.78 is 1.75. The van der Waals surface area contributed by atoms with Gasteiger partial charge in [0.25, 0.3) is 5.69 Å². The molecule has 7 heteroatoms. The van der Waals surface area contributed by atoms with Crippen molar-refractivity contribution in [1.29, 1.82) is 0 Å². The summed E-state index contributed by atoms with van der Waals surface area (Å²) in [5, 5.41) is 18.3. The van der Waals surface area contributed by atoms with Crippen LogP contribution in [0.3, 0.4) is 0 Å². The van der Waals surface area contributed by atoms with Gasteiger partial charge in [0.15, 0.2) is 0 Å². The van der Waals surface area contributed by atoms with Crippen LogP contribution in [0.25, 0.3) is 0 Å². The predicted octanol–water partition coefficient (Wildman–Crippen LogP) is 2.94. The van der Waals surface area contributed by atoms with Crippen LogP contribution < -0.4 is 5.32 Å². The van der Waals surface area contributed by atoms with E-state index in [1.165, 1.54) is 6.07 Å². The maximum atomic E-state index is 10.8. The third-order valence-corrected chi connectivity index (χ3v) is 3.28. The molecule has 0 aliphatic carbocycles. The van der Waals surface area contributed by atoms with Gasteiger partial charge < -0.3 is 5.32 Å². The van der Waals surface area contributed by atoms with Gasteiger partial charge in [0.05, 0.1) is 11.1 Å². The molecule has 1 aromatic heterocycles. The molecular weight excluding hydrogens is 280 g/mol. The first-order valence-electron chi connectivity index (χ1n) is 6.13. The second-order valence-electron chi connectivity index (χ2n) is 4.57. The number of nitrogens with one attached hydrogen (secondary N) is 1. The van der Waals surface area contributed by atoms with E-state index in [-0.39, 0.29) is 10.7 Å². The van der Waals surface area contributed by atoms with E-state index in [9.17, 15) is 10.1 Å². The van der Waals surface area contributed by atoms with Gasteiger partial charge in [-0.25, -0.2) is 0 Å². The predicted molar refractivity (Wildman–Crippen MR) is 78.2 cm³/mol. The minimum Gasteiger partial charge on any atom is -0.384 e. The number of nitrogens with zero attached hydrogens (tertiary/aromatic N) is 3. The van der Waals surface area contributed by atoms with E-state index in [0.29, 0.717) is 6.54 Å². The van der Waals surface area contributed by atoms with Gasteiger partial charge in [0.1, 0.15) is 5.02 Å². The summed E-state index contributed by atoms with van der Waals surface area (Å²) in [6.45, 7) is 2.52. The number of rotatable bonds is 5. The average molecular weight is 295 g/mol. The molecule has 0 aliphatic heterocycles. The van der Waals surface area contributed by atoms with Gasteiger partial charge in [-0.05, 0) is 30.5 Å². The molecule has 0 radical (unpaired) electrons. The number of aryl methyl sites for hydroxylation is 2. The van der Waals surface area contributed by atoms with Crippen molar-refractivity contribution in [3.05, 3.63) is 50.8 Å². The van der Waals surface area contributed by atoms with Gasteiger partial charge in [-0.3, -0.25) is 14.8 Å². The lowest BCUT2D eigenvalue weighted by molar-refractivity contribution is -0.384. The minimum atomic E-state index is -0.477. The number of hydrogen-bond donors (Lipinski definition) is 1. The number of nitro groups is 1. The first-order valence-corrected chi connectivity index (χ1v) is 6.51. The first kappa shape index (κ1) is 14.3. The molecule has 20 heavy (non-hydrogen) atoms. The summed E-state index contributed by atoms with van der Waals surface area (Å²) in [6.07, 6.45) is 4.59. The smallest absolute Gasteiger partial charge is 0.288 e. The fraction of sp³-hybridized carbons (Fsp3) is 0.308. The monoisotopic (exact) mass is 294 g/mol.